The van der Waals surface area contributed by atoms with E-state index in [1.807, 2.05) is 0 Å². The molecule has 17 heavy (non-hydrogen) atoms. The summed E-state index contributed by atoms with van der Waals surface area (Å²) in [5, 5.41) is 6.81. The Kier molecular flexibility index (Phi) is 4.47. The van der Waals surface area contributed by atoms with Crippen LogP contribution in [0.2, 0.25) is 0 Å². The molecule has 1 unspecified atom stereocenters. The molecule has 7 nitrogen and oxygen atoms in total. The number of hydrogen-bond donors (Lipinski definition) is 2. The number of amides is 2. The maximum atomic E-state index is 11.5. The molecular weight excluding hydrogens is 246 g/mol. The van der Waals surface area contributed by atoms with Gasteiger partial charge in [0.05, 0.1) is 0 Å². The van der Waals surface area contributed by atoms with Crippen molar-refractivity contribution in [3.63, 3.8) is 0 Å². The lowest BCUT2D eigenvalue weighted by Crippen LogP contribution is -2.33. The van der Waals surface area contributed by atoms with E-state index in [4.69, 9.17) is 5.14 Å². The number of rotatable bonds is 5. The monoisotopic (exact) mass is 263 g/mol. The molecule has 1 aliphatic rings. The first kappa shape index (κ1) is 13.9. The summed E-state index contributed by atoms with van der Waals surface area (Å²) in [5.74, 6) is -0.327. The Morgan fingerprint density at radius 3 is 2.71 bits per heavy atom. The summed E-state index contributed by atoms with van der Waals surface area (Å²) >= 11 is 0. The van der Waals surface area contributed by atoms with E-state index in [1.54, 1.807) is 0 Å². The van der Waals surface area contributed by atoms with Crippen molar-refractivity contribution >= 4 is 21.8 Å². The second-order valence-electron chi connectivity index (χ2n) is 4.09. The van der Waals surface area contributed by atoms with E-state index in [0.717, 1.165) is 0 Å². The third-order valence-electron chi connectivity index (χ3n) is 2.62. The van der Waals surface area contributed by atoms with Gasteiger partial charge in [-0.25, -0.2) is 13.6 Å². The number of nitrogens with zero attached hydrogens (tertiary/aromatic N) is 1. The van der Waals surface area contributed by atoms with E-state index in [2.05, 4.69) is 5.32 Å². The van der Waals surface area contributed by atoms with E-state index >= 15 is 0 Å². The molecule has 0 radical (unpaired) electrons. The summed E-state index contributed by atoms with van der Waals surface area (Å²) in [5.41, 5.74) is 0. The van der Waals surface area contributed by atoms with Crippen molar-refractivity contribution in [3.05, 3.63) is 0 Å². The number of nitrogens with two attached hydrogens (primary N) is 1. The van der Waals surface area contributed by atoms with Gasteiger partial charge in [0.2, 0.25) is 21.8 Å². The molecule has 1 heterocycles. The molecule has 0 aromatic rings. The maximum Gasteiger partial charge on any atom is 0.224 e. The van der Waals surface area contributed by atoms with Gasteiger partial charge in [-0.3, -0.25) is 9.59 Å². The van der Waals surface area contributed by atoms with Crippen LogP contribution >= 0.6 is 0 Å². The number of sulfonamides is 1. The molecule has 0 saturated carbocycles. The third kappa shape index (κ3) is 4.31. The van der Waals surface area contributed by atoms with E-state index in [-0.39, 0.29) is 24.8 Å². The van der Waals surface area contributed by atoms with Gasteiger partial charge in [0.15, 0.2) is 0 Å². The Bertz CT molecular complexity index is 406. The lowest BCUT2D eigenvalue weighted by Gasteiger charge is -2.15. The molecule has 1 saturated heterocycles. The molecule has 2 amide bonds. The van der Waals surface area contributed by atoms with Crippen LogP contribution in [0.5, 0.6) is 0 Å². The van der Waals surface area contributed by atoms with E-state index < -0.39 is 15.3 Å². The second-order valence-corrected chi connectivity index (χ2v) is 5.94. The minimum atomic E-state index is -3.64. The number of hydrogen-bond acceptors (Lipinski definition) is 4. The third-order valence-corrected chi connectivity index (χ3v) is 3.87. The second kappa shape index (κ2) is 5.46. The Morgan fingerprint density at radius 1 is 1.59 bits per heavy atom. The highest BCUT2D eigenvalue weighted by molar-refractivity contribution is 7.89. The SMILES string of the molecule is CC(=O)NCCCN1CC(S(N)(=O)=O)CC1=O. The van der Waals surface area contributed by atoms with Gasteiger partial charge >= 0.3 is 0 Å². The van der Waals surface area contributed by atoms with Gasteiger partial charge in [-0.15, -0.1) is 0 Å². The van der Waals surface area contributed by atoms with Crippen molar-refractivity contribution in [2.24, 2.45) is 5.14 Å². The number of carbonyl (C=O) groups excluding carboxylic acids is 2. The minimum absolute atomic E-state index is 0.0427. The summed E-state index contributed by atoms with van der Waals surface area (Å²) in [6.45, 7) is 2.47. The van der Waals surface area contributed by atoms with Crippen LogP contribution in [0.1, 0.15) is 19.8 Å². The zero-order valence-electron chi connectivity index (χ0n) is 9.68. The van der Waals surface area contributed by atoms with Crippen LogP contribution in [0.4, 0.5) is 0 Å². The Hall–Kier alpha value is -1.15. The van der Waals surface area contributed by atoms with Crippen molar-refractivity contribution in [2.75, 3.05) is 19.6 Å². The quantitative estimate of drug-likeness (QED) is 0.582. The van der Waals surface area contributed by atoms with E-state index in [9.17, 15) is 18.0 Å². The molecular formula is C9H17N3O4S. The van der Waals surface area contributed by atoms with Gasteiger partial charge in [-0.1, -0.05) is 0 Å². The summed E-state index contributed by atoms with van der Waals surface area (Å²) in [4.78, 5) is 23.5. The standard InChI is InChI=1S/C9H17N3O4S/c1-7(13)11-3-2-4-12-6-8(5-9(12)14)17(10,15)16/h8H,2-6H2,1H3,(H,11,13)(H2,10,15,16). The zero-order chi connectivity index (χ0) is 13.1. The highest BCUT2D eigenvalue weighted by atomic mass is 32.2. The summed E-state index contributed by atoms with van der Waals surface area (Å²) in [7, 11) is -3.64. The van der Waals surface area contributed by atoms with Crippen LogP contribution in [0.25, 0.3) is 0 Å². The van der Waals surface area contributed by atoms with Crippen LogP contribution in [-0.2, 0) is 19.6 Å². The predicted molar refractivity (Wildman–Crippen MR) is 61.4 cm³/mol. The van der Waals surface area contributed by atoms with Gasteiger partial charge < -0.3 is 10.2 Å². The largest absolute Gasteiger partial charge is 0.356 e. The highest BCUT2D eigenvalue weighted by Crippen LogP contribution is 2.16. The molecule has 0 spiro atoms. The average molecular weight is 263 g/mol. The van der Waals surface area contributed by atoms with Crippen LogP contribution in [-0.4, -0.2) is 50.0 Å². The fourth-order valence-electron chi connectivity index (χ4n) is 1.71. The Morgan fingerprint density at radius 2 is 2.24 bits per heavy atom. The number of likely N-dealkylation sites (tertiary alicyclic amines) is 1. The van der Waals surface area contributed by atoms with Crippen molar-refractivity contribution in [2.45, 2.75) is 25.0 Å². The number of carbonyl (C=O) groups is 2. The smallest absolute Gasteiger partial charge is 0.224 e. The fourth-order valence-corrected chi connectivity index (χ4v) is 2.47. The van der Waals surface area contributed by atoms with E-state index in [1.165, 1.54) is 11.8 Å². The molecule has 3 N–H and O–H groups in total. The molecule has 1 aliphatic heterocycles. The first-order valence-corrected chi connectivity index (χ1v) is 6.95. The predicted octanol–water partition coefficient (Wildman–Crippen LogP) is -1.60. The fraction of sp³-hybridized carbons (Fsp3) is 0.778. The van der Waals surface area contributed by atoms with E-state index in [0.29, 0.717) is 19.5 Å². The molecule has 0 aliphatic carbocycles. The molecule has 1 atom stereocenters. The topological polar surface area (TPSA) is 110 Å². The first-order chi connectivity index (χ1) is 7.80. The molecule has 1 rings (SSSR count). The summed E-state index contributed by atoms with van der Waals surface area (Å²) in [6, 6.07) is 0. The van der Waals surface area contributed by atoms with Crippen molar-refractivity contribution in [1.29, 1.82) is 0 Å². The van der Waals surface area contributed by atoms with Crippen molar-refractivity contribution in [1.82, 2.24) is 10.2 Å². The Balaban J connectivity index is 2.36. The first-order valence-electron chi connectivity index (χ1n) is 5.34. The summed E-state index contributed by atoms with van der Waals surface area (Å²) in [6.07, 6.45) is 0.557. The van der Waals surface area contributed by atoms with Gasteiger partial charge in [0, 0.05) is 33.0 Å². The Labute approximate surface area is 100 Å². The maximum absolute atomic E-state index is 11.5. The van der Waals surface area contributed by atoms with Crippen LogP contribution < -0.4 is 10.5 Å². The lowest BCUT2D eigenvalue weighted by atomic mass is 10.4. The summed E-state index contributed by atoms with van der Waals surface area (Å²) < 4.78 is 22.2. The minimum Gasteiger partial charge on any atom is -0.356 e. The van der Waals surface area contributed by atoms with Crippen LogP contribution in [0, 0.1) is 0 Å². The lowest BCUT2D eigenvalue weighted by molar-refractivity contribution is -0.127. The number of nitrogens with one attached hydrogen (secondary N) is 1. The van der Waals surface area contributed by atoms with Gasteiger partial charge in [-0.05, 0) is 6.42 Å². The number of primary sulfonamides is 1. The van der Waals surface area contributed by atoms with Gasteiger partial charge in [0.25, 0.3) is 0 Å². The van der Waals surface area contributed by atoms with Crippen molar-refractivity contribution in [3.8, 4) is 0 Å². The van der Waals surface area contributed by atoms with Gasteiger partial charge in [0.1, 0.15) is 5.25 Å². The zero-order valence-corrected chi connectivity index (χ0v) is 10.5. The molecule has 1 fully saturated rings. The molecule has 98 valence electrons. The average Bonchev–Trinajstić information content (AvgIpc) is 2.54. The molecule has 8 heteroatoms. The molecule has 0 bridgehead atoms. The normalized spacial score (nSPS) is 20.7. The molecule has 0 aromatic heterocycles. The van der Waals surface area contributed by atoms with Gasteiger partial charge in [-0.2, -0.15) is 0 Å². The van der Waals surface area contributed by atoms with Crippen LogP contribution in [0.3, 0.4) is 0 Å². The van der Waals surface area contributed by atoms with Crippen molar-refractivity contribution < 1.29 is 18.0 Å². The highest BCUT2D eigenvalue weighted by Gasteiger charge is 2.35. The molecule has 0 aromatic carbocycles. The van der Waals surface area contributed by atoms with Crippen LogP contribution in [0.15, 0.2) is 0 Å².